The van der Waals surface area contributed by atoms with Gasteiger partial charge in [0.05, 0.1) is 0 Å². The summed E-state index contributed by atoms with van der Waals surface area (Å²) < 4.78 is 1.88. The van der Waals surface area contributed by atoms with E-state index in [4.69, 9.17) is 0 Å². The van der Waals surface area contributed by atoms with Crippen LogP contribution in [0.25, 0.3) is 0 Å². The number of carbonyl (C=O) groups excluding carboxylic acids is 1. The normalized spacial score (nSPS) is 9.69. The van der Waals surface area contributed by atoms with Crippen LogP contribution >= 0.6 is 0 Å². The third kappa shape index (κ3) is 2.58. The minimum absolute atomic E-state index is 0.144. The van der Waals surface area contributed by atoms with E-state index in [9.17, 15) is 4.79 Å². The Balaban J connectivity index is 2.78. The van der Waals surface area contributed by atoms with Gasteiger partial charge in [0, 0.05) is 0 Å². The zero-order chi connectivity index (χ0) is 9.68. The molecule has 3 heteroatoms. The summed E-state index contributed by atoms with van der Waals surface area (Å²) >= 11 is 0.252. The molecule has 0 aliphatic heterocycles. The molecule has 0 fully saturated rings. The Labute approximate surface area is 85.3 Å². The van der Waals surface area contributed by atoms with Crippen LogP contribution < -0.4 is 0 Å². The molecule has 0 aliphatic carbocycles. The van der Waals surface area contributed by atoms with Crippen LogP contribution in [0.4, 0.5) is 0 Å². The Morgan fingerprint density at radius 2 is 2.00 bits per heavy atom. The molecule has 0 spiro atoms. The molecule has 0 bridgehead atoms. The van der Waals surface area contributed by atoms with E-state index in [0.29, 0.717) is 0 Å². The molecule has 1 aromatic rings. The van der Waals surface area contributed by atoms with Crippen molar-refractivity contribution in [1.29, 1.82) is 0 Å². The molecule has 2 nitrogen and oxygen atoms in total. The first-order valence-corrected chi connectivity index (χ1v) is 6.68. The predicted molar refractivity (Wildman–Crippen MR) is 54.8 cm³/mol. The predicted octanol–water partition coefficient (Wildman–Crippen LogP) is 1.82. The van der Waals surface area contributed by atoms with E-state index < -0.39 is 0 Å². The molecule has 0 saturated heterocycles. The second kappa shape index (κ2) is 5.05. The van der Waals surface area contributed by atoms with Gasteiger partial charge < -0.3 is 0 Å². The fourth-order valence-electron chi connectivity index (χ4n) is 1.08. The van der Waals surface area contributed by atoms with E-state index in [1.807, 2.05) is 41.2 Å². The molecule has 0 heterocycles. The van der Waals surface area contributed by atoms with Gasteiger partial charge in [-0.05, 0) is 0 Å². The molecule has 0 N–H and O–H groups in total. The van der Waals surface area contributed by atoms with Gasteiger partial charge in [0.2, 0.25) is 0 Å². The van der Waals surface area contributed by atoms with E-state index in [-0.39, 0.29) is 21.1 Å². The van der Waals surface area contributed by atoms with Crippen molar-refractivity contribution >= 4 is 21.1 Å². The van der Waals surface area contributed by atoms with Gasteiger partial charge in [0.1, 0.15) is 0 Å². The summed E-state index contributed by atoms with van der Waals surface area (Å²) in [6.45, 7) is 2.80. The van der Waals surface area contributed by atoms with Gasteiger partial charge in [-0.1, -0.05) is 0 Å². The van der Waals surface area contributed by atoms with Crippen molar-refractivity contribution in [2.24, 2.45) is 0 Å². The van der Waals surface area contributed by atoms with E-state index in [0.717, 1.165) is 12.1 Å². The first-order valence-electron chi connectivity index (χ1n) is 4.20. The van der Waals surface area contributed by atoms with Gasteiger partial charge in [0.15, 0.2) is 0 Å². The second-order valence-electron chi connectivity index (χ2n) is 2.55. The average molecular weight is 242 g/mol. The molecule has 1 amide bonds. The van der Waals surface area contributed by atoms with Gasteiger partial charge in [0.25, 0.3) is 0 Å². The maximum absolute atomic E-state index is 11.7. The number of hydrogen-bond acceptors (Lipinski definition) is 1. The monoisotopic (exact) mass is 243 g/mol. The van der Waals surface area contributed by atoms with Crippen molar-refractivity contribution in [3.8, 4) is 0 Å². The number of hydrogen-bond donors (Lipinski definition) is 0. The summed E-state index contributed by atoms with van der Waals surface area (Å²) in [5.41, 5.74) is 0.785. The van der Waals surface area contributed by atoms with Gasteiger partial charge >= 0.3 is 85.0 Å². The van der Waals surface area contributed by atoms with Crippen molar-refractivity contribution < 1.29 is 4.79 Å². The molecule has 1 aromatic carbocycles. The molecule has 0 aliphatic rings. The zero-order valence-electron chi connectivity index (χ0n) is 7.86. The van der Waals surface area contributed by atoms with Crippen molar-refractivity contribution in [3.63, 3.8) is 0 Å². The maximum atomic E-state index is 11.7. The molecular weight excluding hydrogens is 229 g/mol. The molecule has 70 valence electrons. The van der Waals surface area contributed by atoms with Crippen LogP contribution in [0.5, 0.6) is 0 Å². The Hall–Kier alpha value is -0.791. The molecule has 1 rings (SSSR count). The Kier molecular flexibility index (Phi) is 4.00. The molecule has 0 unspecified atom stereocenters. The summed E-state index contributed by atoms with van der Waals surface area (Å²) in [5, 5.41) is 0. The molecule has 0 aromatic heterocycles. The zero-order valence-corrected chi connectivity index (χ0v) is 9.57. The van der Waals surface area contributed by atoms with Crippen LogP contribution in [0.15, 0.2) is 30.3 Å². The van der Waals surface area contributed by atoms with E-state index in [2.05, 4.69) is 5.82 Å². The van der Waals surface area contributed by atoms with Gasteiger partial charge in [-0.3, -0.25) is 0 Å². The fourth-order valence-corrected chi connectivity index (χ4v) is 2.19. The number of benzene rings is 1. The summed E-state index contributed by atoms with van der Waals surface area (Å²) in [7, 11) is 0. The van der Waals surface area contributed by atoms with Crippen LogP contribution in [0.2, 0.25) is 5.82 Å². The Morgan fingerprint density at radius 1 is 1.38 bits per heavy atom. The minimum atomic E-state index is 0.144. The van der Waals surface area contributed by atoms with Crippen molar-refractivity contribution in [2.45, 2.75) is 12.7 Å². The van der Waals surface area contributed by atoms with Crippen LogP contribution in [0.3, 0.4) is 0 Å². The van der Waals surface area contributed by atoms with Gasteiger partial charge in [-0.15, -0.1) is 0 Å². The summed E-state index contributed by atoms with van der Waals surface area (Å²) in [4.78, 5) is 11.7. The molecule has 13 heavy (non-hydrogen) atoms. The van der Waals surface area contributed by atoms with Crippen LogP contribution in [0.1, 0.15) is 17.3 Å². The number of nitrogens with zero attached hydrogens (tertiary/aromatic N) is 1. The van der Waals surface area contributed by atoms with Gasteiger partial charge in [-0.2, -0.15) is 0 Å². The molecule has 0 atom stereocenters. The molecule has 0 saturated carbocycles. The summed E-state index contributed by atoms with van der Waals surface area (Å²) in [6.07, 6.45) is 0. The first kappa shape index (κ1) is 10.3. The summed E-state index contributed by atoms with van der Waals surface area (Å²) in [6, 6.07) is 9.42. The van der Waals surface area contributed by atoms with E-state index in [1.165, 1.54) is 0 Å². The fraction of sp³-hybridized carbons (Fsp3) is 0.300. The van der Waals surface area contributed by atoms with Crippen LogP contribution in [-0.4, -0.2) is 31.5 Å². The van der Waals surface area contributed by atoms with Crippen molar-refractivity contribution in [1.82, 2.24) is 3.92 Å². The van der Waals surface area contributed by atoms with E-state index in [1.54, 1.807) is 0 Å². The Morgan fingerprint density at radius 3 is 2.46 bits per heavy atom. The van der Waals surface area contributed by atoms with Crippen LogP contribution in [0, 0.1) is 0 Å². The first-order chi connectivity index (χ1) is 6.29. The third-order valence-electron chi connectivity index (χ3n) is 1.75. The van der Waals surface area contributed by atoms with Crippen molar-refractivity contribution in [3.05, 3.63) is 35.9 Å². The number of carbonyl (C=O) groups is 1. The number of amides is 1. The van der Waals surface area contributed by atoms with Crippen molar-refractivity contribution in [2.75, 3.05) is 6.54 Å². The SMILES string of the molecule is CCN([Se]C)C(=O)c1ccccc1. The van der Waals surface area contributed by atoms with Crippen LogP contribution in [-0.2, 0) is 0 Å². The van der Waals surface area contributed by atoms with E-state index >= 15 is 0 Å². The standard InChI is InChI=1S/C10H13NOSe/c1-3-11(13-2)10(12)9-7-5-4-6-8-9/h4-8H,3H2,1-2H3. The third-order valence-corrected chi connectivity index (χ3v) is 3.57. The molecule has 0 radical (unpaired) electrons. The topological polar surface area (TPSA) is 20.3 Å². The number of rotatable bonds is 3. The summed E-state index contributed by atoms with van der Waals surface area (Å²) in [5.74, 6) is 2.20. The quantitative estimate of drug-likeness (QED) is 0.740. The molecular formula is C10H13NOSe. The Bertz CT molecular complexity index is 270. The van der Waals surface area contributed by atoms with Gasteiger partial charge in [-0.25, -0.2) is 0 Å². The average Bonchev–Trinajstić information content (AvgIpc) is 2.21. The second-order valence-corrected chi connectivity index (χ2v) is 4.24.